The van der Waals surface area contributed by atoms with E-state index in [0.717, 1.165) is 10.9 Å². The van der Waals surface area contributed by atoms with Gasteiger partial charge < -0.3 is 9.72 Å². The number of amides is 1. The van der Waals surface area contributed by atoms with Crippen molar-refractivity contribution in [2.75, 3.05) is 5.32 Å². The third kappa shape index (κ3) is 4.61. The molecule has 3 aromatic carbocycles. The zero-order chi connectivity index (χ0) is 24.5. The summed E-state index contributed by atoms with van der Waals surface area (Å²) in [6, 6.07) is 17.5. The van der Waals surface area contributed by atoms with Crippen LogP contribution in [-0.4, -0.2) is 32.4 Å². The van der Waals surface area contributed by atoms with E-state index in [2.05, 4.69) is 25.5 Å². The highest BCUT2D eigenvalue weighted by atomic mass is 19.1. The van der Waals surface area contributed by atoms with Gasteiger partial charge in [-0.2, -0.15) is 5.10 Å². The number of halogens is 1. The van der Waals surface area contributed by atoms with E-state index in [9.17, 15) is 14.0 Å². The molecule has 0 aliphatic heterocycles. The number of hydrogen-bond acceptors (Lipinski definition) is 5. The second-order valence-corrected chi connectivity index (χ2v) is 8.43. The Kier molecular flexibility index (Phi) is 5.74. The lowest BCUT2D eigenvalue weighted by Crippen LogP contribution is -2.18. The highest BCUT2D eigenvalue weighted by molar-refractivity contribution is 5.88. The first-order valence-electron chi connectivity index (χ1n) is 11.1. The lowest BCUT2D eigenvalue weighted by Gasteiger charge is -2.09. The van der Waals surface area contributed by atoms with Gasteiger partial charge in [0.1, 0.15) is 5.82 Å². The van der Waals surface area contributed by atoms with Crippen LogP contribution in [0.1, 0.15) is 25.1 Å². The minimum atomic E-state index is -0.610. The van der Waals surface area contributed by atoms with Gasteiger partial charge in [0.2, 0.25) is 5.95 Å². The number of aromatic amines is 2. The number of ether oxygens (including phenoxy) is 1. The number of carbonyl (C=O) groups is 1. The van der Waals surface area contributed by atoms with Gasteiger partial charge in [0.15, 0.2) is 0 Å². The van der Waals surface area contributed by atoms with E-state index in [1.54, 1.807) is 56.3 Å². The van der Waals surface area contributed by atoms with Gasteiger partial charge in [0.25, 0.3) is 5.56 Å². The molecule has 176 valence electrons. The molecular weight excluding hydrogens is 449 g/mol. The van der Waals surface area contributed by atoms with E-state index < -0.39 is 6.09 Å². The summed E-state index contributed by atoms with van der Waals surface area (Å²) in [5.74, 6) is -0.130. The standard InChI is InChI=1S/C26H22FN5O3/c1-14(2)35-26(34)30-25-28-21-10-8-16(13-23(21)29-25)19-11-15(7-9-20(19)27)12-22-17-5-3-4-6-18(17)24(33)32-31-22/h3-11,13-14H,12H2,1-2H3,(H,32,33)(H2,28,29,30,34). The van der Waals surface area contributed by atoms with Crippen molar-refractivity contribution in [1.82, 2.24) is 20.2 Å². The number of aromatic nitrogens is 4. The fourth-order valence-corrected chi connectivity index (χ4v) is 3.98. The Hall–Kier alpha value is -4.53. The molecular formula is C26H22FN5O3. The number of H-pyrrole nitrogens is 2. The first-order chi connectivity index (χ1) is 16.9. The molecule has 5 rings (SSSR count). The predicted octanol–water partition coefficient (Wildman–Crippen LogP) is 5.15. The van der Waals surface area contributed by atoms with Crippen LogP contribution in [-0.2, 0) is 11.2 Å². The smallest absolute Gasteiger partial charge is 0.414 e. The quantitative estimate of drug-likeness (QED) is 0.328. The number of nitrogens with one attached hydrogen (secondary N) is 3. The largest absolute Gasteiger partial charge is 0.447 e. The van der Waals surface area contributed by atoms with E-state index in [-0.39, 0.29) is 23.4 Å². The number of carbonyl (C=O) groups excluding carboxylic acids is 1. The molecule has 0 saturated carbocycles. The Morgan fingerprint density at radius 1 is 1.09 bits per heavy atom. The van der Waals surface area contributed by atoms with Crippen LogP contribution < -0.4 is 10.9 Å². The molecule has 8 nitrogen and oxygen atoms in total. The summed E-state index contributed by atoms with van der Waals surface area (Å²) in [6.07, 6.45) is -0.451. The third-order valence-corrected chi connectivity index (χ3v) is 5.53. The Labute approximate surface area is 199 Å². The van der Waals surface area contributed by atoms with Gasteiger partial charge in [0.05, 0.1) is 28.2 Å². The van der Waals surface area contributed by atoms with Gasteiger partial charge >= 0.3 is 6.09 Å². The summed E-state index contributed by atoms with van der Waals surface area (Å²) in [7, 11) is 0. The number of imidazole rings is 1. The molecule has 0 unspecified atom stereocenters. The first kappa shape index (κ1) is 22.3. The van der Waals surface area contributed by atoms with E-state index in [1.807, 2.05) is 12.1 Å². The second-order valence-electron chi connectivity index (χ2n) is 8.43. The monoisotopic (exact) mass is 471 g/mol. The molecule has 0 aliphatic rings. The molecule has 2 aromatic heterocycles. The second kappa shape index (κ2) is 9.02. The van der Waals surface area contributed by atoms with Gasteiger partial charge in [0, 0.05) is 17.4 Å². The van der Waals surface area contributed by atoms with Crippen LogP contribution in [0.2, 0.25) is 0 Å². The van der Waals surface area contributed by atoms with Crippen LogP contribution >= 0.6 is 0 Å². The van der Waals surface area contributed by atoms with Crippen LogP contribution in [0, 0.1) is 5.82 Å². The topological polar surface area (TPSA) is 113 Å². The van der Waals surface area contributed by atoms with Crippen molar-refractivity contribution in [3.63, 3.8) is 0 Å². The van der Waals surface area contributed by atoms with Gasteiger partial charge in [-0.05, 0) is 55.3 Å². The lowest BCUT2D eigenvalue weighted by atomic mass is 9.98. The van der Waals surface area contributed by atoms with E-state index in [0.29, 0.717) is 39.7 Å². The van der Waals surface area contributed by atoms with Crippen LogP contribution in [0.5, 0.6) is 0 Å². The number of nitrogens with zero attached hydrogens (tertiary/aromatic N) is 2. The molecule has 1 amide bonds. The molecule has 0 spiro atoms. The van der Waals surface area contributed by atoms with Crippen molar-refractivity contribution in [2.45, 2.75) is 26.4 Å². The summed E-state index contributed by atoms with van der Waals surface area (Å²) >= 11 is 0. The number of hydrogen-bond donors (Lipinski definition) is 3. The average molecular weight is 471 g/mol. The molecule has 35 heavy (non-hydrogen) atoms. The molecule has 0 aliphatic carbocycles. The van der Waals surface area contributed by atoms with Crippen molar-refractivity contribution in [1.29, 1.82) is 0 Å². The van der Waals surface area contributed by atoms with Crippen molar-refractivity contribution in [3.05, 3.63) is 88.1 Å². The Morgan fingerprint density at radius 2 is 1.89 bits per heavy atom. The highest BCUT2D eigenvalue weighted by Gasteiger charge is 2.13. The molecule has 0 saturated heterocycles. The van der Waals surface area contributed by atoms with Gasteiger partial charge in [-0.25, -0.2) is 19.3 Å². The van der Waals surface area contributed by atoms with Crippen molar-refractivity contribution < 1.29 is 13.9 Å². The van der Waals surface area contributed by atoms with E-state index in [4.69, 9.17) is 4.74 Å². The van der Waals surface area contributed by atoms with Crippen molar-refractivity contribution >= 4 is 33.8 Å². The summed E-state index contributed by atoms with van der Waals surface area (Å²) < 4.78 is 19.9. The molecule has 2 heterocycles. The number of fused-ring (bicyclic) bond motifs is 2. The van der Waals surface area contributed by atoms with Gasteiger partial charge in [-0.3, -0.25) is 10.1 Å². The number of benzene rings is 3. The fourth-order valence-electron chi connectivity index (χ4n) is 3.98. The minimum Gasteiger partial charge on any atom is -0.447 e. The summed E-state index contributed by atoms with van der Waals surface area (Å²) in [6.45, 7) is 3.51. The molecule has 0 radical (unpaired) electrons. The van der Waals surface area contributed by atoms with Crippen molar-refractivity contribution in [3.8, 4) is 11.1 Å². The Balaban J connectivity index is 1.46. The molecule has 3 N–H and O–H groups in total. The lowest BCUT2D eigenvalue weighted by molar-refractivity contribution is 0.130. The minimum absolute atomic E-state index is 0.244. The zero-order valence-corrected chi connectivity index (χ0v) is 19.1. The van der Waals surface area contributed by atoms with E-state index in [1.165, 1.54) is 6.07 Å². The summed E-state index contributed by atoms with van der Waals surface area (Å²) in [5, 5.41) is 10.6. The maximum atomic E-state index is 14.8. The predicted molar refractivity (Wildman–Crippen MR) is 132 cm³/mol. The fraction of sp³-hybridized carbons (Fsp3) is 0.154. The Bertz CT molecular complexity index is 1620. The number of anilines is 1. The first-order valence-corrected chi connectivity index (χ1v) is 11.1. The number of rotatable bonds is 5. The van der Waals surface area contributed by atoms with E-state index >= 15 is 0 Å². The van der Waals surface area contributed by atoms with Crippen molar-refractivity contribution in [2.24, 2.45) is 0 Å². The molecule has 0 fully saturated rings. The van der Waals surface area contributed by atoms with Gasteiger partial charge in [-0.15, -0.1) is 0 Å². The maximum Gasteiger partial charge on any atom is 0.414 e. The molecule has 0 bridgehead atoms. The normalized spacial score (nSPS) is 11.3. The van der Waals surface area contributed by atoms with Crippen LogP contribution in [0.15, 0.2) is 65.5 Å². The molecule has 0 atom stereocenters. The SMILES string of the molecule is CC(C)OC(=O)Nc1nc2cc(-c3cc(Cc4n[nH]c(=O)c5ccccc45)ccc3F)ccc2[nH]1. The van der Waals surface area contributed by atoms with Crippen LogP contribution in [0.4, 0.5) is 15.1 Å². The third-order valence-electron chi connectivity index (χ3n) is 5.53. The highest BCUT2D eigenvalue weighted by Crippen LogP contribution is 2.28. The van der Waals surface area contributed by atoms with Crippen LogP contribution in [0.25, 0.3) is 32.9 Å². The Morgan fingerprint density at radius 3 is 2.69 bits per heavy atom. The zero-order valence-electron chi connectivity index (χ0n) is 19.1. The van der Waals surface area contributed by atoms with Gasteiger partial charge in [-0.1, -0.05) is 30.3 Å². The molecule has 9 heteroatoms. The summed E-state index contributed by atoms with van der Waals surface area (Å²) in [5.41, 5.74) is 3.60. The average Bonchev–Trinajstić information content (AvgIpc) is 3.23. The molecule has 5 aromatic rings. The van der Waals surface area contributed by atoms with Crippen LogP contribution in [0.3, 0.4) is 0 Å². The summed E-state index contributed by atoms with van der Waals surface area (Å²) in [4.78, 5) is 31.3. The maximum absolute atomic E-state index is 14.8.